The Hall–Kier alpha value is -1.11. The van der Waals surface area contributed by atoms with Gasteiger partial charge < -0.3 is 10.4 Å². The highest BCUT2D eigenvalue weighted by atomic mass is 32.2. The molecule has 6 heteroatoms. The summed E-state index contributed by atoms with van der Waals surface area (Å²) in [5.74, 6) is 0.396. The number of hydrogen-bond donors (Lipinski definition) is 2. The largest absolute Gasteiger partial charge is 0.393 e. The molecule has 1 saturated carbocycles. The van der Waals surface area contributed by atoms with Gasteiger partial charge in [-0.1, -0.05) is 23.9 Å². The fraction of sp³-hybridized carbons (Fsp3) is 0.385. The van der Waals surface area contributed by atoms with E-state index in [9.17, 15) is 4.79 Å². The third-order valence-corrected chi connectivity index (χ3v) is 5.26. The molecule has 1 amide bonds. The van der Waals surface area contributed by atoms with Crippen LogP contribution in [0.4, 0.5) is 0 Å². The number of carbonyl (C=O) groups excluding carboxylic acids is 1. The van der Waals surface area contributed by atoms with Gasteiger partial charge in [0.25, 0.3) is 0 Å². The highest BCUT2D eigenvalue weighted by molar-refractivity contribution is 8.01. The predicted molar refractivity (Wildman–Crippen MR) is 77.5 cm³/mol. The lowest BCUT2D eigenvalue weighted by Crippen LogP contribution is -2.47. The fourth-order valence-corrected chi connectivity index (χ4v) is 3.89. The van der Waals surface area contributed by atoms with Crippen LogP contribution in [0, 0.1) is 0 Å². The van der Waals surface area contributed by atoms with Crippen molar-refractivity contribution in [3.05, 3.63) is 24.3 Å². The first-order valence-corrected chi connectivity index (χ1v) is 7.97. The molecule has 0 bridgehead atoms. The quantitative estimate of drug-likeness (QED) is 0.847. The molecule has 0 atom stereocenters. The summed E-state index contributed by atoms with van der Waals surface area (Å²) in [6, 6.07) is 8.12. The van der Waals surface area contributed by atoms with E-state index in [2.05, 4.69) is 10.3 Å². The first-order chi connectivity index (χ1) is 9.20. The minimum absolute atomic E-state index is 0.0150. The Balaban J connectivity index is 1.52. The van der Waals surface area contributed by atoms with Gasteiger partial charge in [-0.3, -0.25) is 4.79 Å². The summed E-state index contributed by atoms with van der Waals surface area (Å²) in [5.41, 5.74) is 0.984. The number of aliphatic hydroxyl groups excluding tert-OH is 1. The maximum atomic E-state index is 11.7. The predicted octanol–water partition coefficient (Wildman–Crippen LogP) is 2.03. The second-order valence-corrected chi connectivity index (χ2v) is 6.88. The van der Waals surface area contributed by atoms with Gasteiger partial charge in [-0.25, -0.2) is 4.98 Å². The van der Waals surface area contributed by atoms with Crippen molar-refractivity contribution in [3.8, 4) is 0 Å². The maximum absolute atomic E-state index is 11.7. The number of hydrogen-bond acceptors (Lipinski definition) is 5. The molecule has 1 aliphatic carbocycles. The van der Waals surface area contributed by atoms with Crippen LogP contribution in [0.3, 0.4) is 0 Å². The number of thiazole rings is 1. The average molecular weight is 294 g/mol. The molecule has 3 rings (SSSR count). The Morgan fingerprint density at radius 3 is 3.00 bits per heavy atom. The molecule has 0 radical (unpaired) electrons. The van der Waals surface area contributed by atoms with E-state index >= 15 is 0 Å². The summed E-state index contributed by atoms with van der Waals surface area (Å²) in [6.45, 7) is 0. The first kappa shape index (κ1) is 12.9. The molecule has 0 saturated heterocycles. The second kappa shape index (κ2) is 5.48. The zero-order valence-corrected chi connectivity index (χ0v) is 11.8. The number of rotatable bonds is 4. The summed E-state index contributed by atoms with van der Waals surface area (Å²) in [5, 5.41) is 12.1. The number of nitrogens with one attached hydrogen (secondary N) is 1. The lowest BCUT2D eigenvalue weighted by molar-refractivity contribution is -0.120. The van der Waals surface area contributed by atoms with Crippen LogP contribution in [-0.2, 0) is 4.79 Å². The SMILES string of the molecule is O=C(CSc1nc2ccccc2s1)NC1CC(O)C1. The van der Waals surface area contributed by atoms with Crippen molar-refractivity contribution in [1.29, 1.82) is 0 Å². The van der Waals surface area contributed by atoms with Gasteiger partial charge >= 0.3 is 0 Å². The molecule has 0 spiro atoms. The van der Waals surface area contributed by atoms with E-state index in [0.29, 0.717) is 18.6 Å². The maximum Gasteiger partial charge on any atom is 0.230 e. The van der Waals surface area contributed by atoms with Crippen LogP contribution in [0.1, 0.15) is 12.8 Å². The van der Waals surface area contributed by atoms with Crippen molar-refractivity contribution in [2.24, 2.45) is 0 Å². The van der Waals surface area contributed by atoms with Gasteiger partial charge in [-0.2, -0.15) is 0 Å². The van der Waals surface area contributed by atoms with Crippen LogP contribution in [0.5, 0.6) is 0 Å². The third-order valence-electron chi connectivity index (χ3n) is 3.08. The molecule has 1 heterocycles. The van der Waals surface area contributed by atoms with Crippen LogP contribution >= 0.6 is 23.1 Å². The normalized spacial score (nSPS) is 22.2. The number of carbonyl (C=O) groups is 1. The van der Waals surface area contributed by atoms with Gasteiger partial charge in [0, 0.05) is 6.04 Å². The number of nitrogens with zero attached hydrogens (tertiary/aromatic N) is 1. The van der Waals surface area contributed by atoms with Crippen molar-refractivity contribution < 1.29 is 9.90 Å². The third kappa shape index (κ3) is 3.08. The van der Waals surface area contributed by atoms with E-state index in [4.69, 9.17) is 5.11 Å². The number of amides is 1. The molecular weight excluding hydrogens is 280 g/mol. The van der Waals surface area contributed by atoms with Crippen molar-refractivity contribution >= 4 is 39.2 Å². The molecule has 1 fully saturated rings. The minimum Gasteiger partial charge on any atom is -0.393 e. The molecule has 2 N–H and O–H groups in total. The van der Waals surface area contributed by atoms with Crippen LogP contribution in [0.25, 0.3) is 10.2 Å². The lowest BCUT2D eigenvalue weighted by Gasteiger charge is -2.31. The number of fused-ring (bicyclic) bond motifs is 1. The Labute approximate surface area is 119 Å². The Kier molecular flexibility index (Phi) is 3.72. The standard InChI is InChI=1S/C13H14N2O2S2/c16-9-5-8(6-9)14-12(17)7-18-13-15-10-3-1-2-4-11(10)19-13/h1-4,8-9,16H,5-7H2,(H,14,17). The van der Waals surface area contributed by atoms with Crippen molar-refractivity contribution in [3.63, 3.8) is 0 Å². The Morgan fingerprint density at radius 1 is 1.47 bits per heavy atom. The van der Waals surface area contributed by atoms with Gasteiger partial charge in [-0.05, 0) is 25.0 Å². The van der Waals surface area contributed by atoms with Crippen LogP contribution in [0.15, 0.2) is 28.6 Å². The second-order valence-electron chi connectivity index (χ2n) is 4.63. The molecule has 1 aliphatic rings. The van der Waals surface area contributed by atoms with E-state index in [-0.39, 0.29) is 18.1 Å². The van der Waals surface area contributed by atoms with Gasteiger partial charge in [0.2, 0.25) is 5.91 Å². The summed E-state index contributed by atoms with van der Waals surface area (Å²) in [6.07, 6.45) is 1.12. The number of para-hydroxylation sites is 1. The monoisotopic (exact) mass is 294 g/mol. The fourth-order valence-electron chi connectivity index (χ4n) is 2.02. The zero-order chi connectivity index (χ0) is 13.2. The zero-order valence-electron chi connectivity index (χ0n) is 10.2. The summed E-state index contributed by atoms with van der Waals surface area (Å²) in [4.78, 5) is 16.2. The summed E-state index contributed by atoms with van der Waals surface area (Å²) >= 11 is 3.07. The summed E-state index contributed by atoms with van der Waals surface area (Å²) < 4.78 is 2.07. The highest BCUT2D eigenvalue weighted by Gasteiger charge is 2.28. The van der Waals surface area contributed by atoms with Crippen molar-refractivity contribution in [2.45, 2.75) is 29.3 Å². The van der Waals surface area contributed by atoms with Crippen LogP contribution in [-0.4, -0.2) is 33.9 Å². The van der Waals surface area contributed by atoms with E-state index < -0.39 is 0 Å². The first-order valence-electron chi connectivity index (χ1n) is 6.16. The highest BCUT2D eigenvalue weighted by Crippen LogP contribution is 2.29. The van der Waals surface area contributed by atoms with Gasteiger partial charge in [0.1, 0.15) is 0 Å². The molecule has 1 aromatic carbocycles. The average Bonchev–Trinajstić information content (AvgIpc) is 2.77. The smallest absolute Gasteiger partial charge is 0.230 e. The number of aromatic nitrogens is 1. The van der Waals surface area contributed by atoms with Crippen LogP contribution < -0.4 is 5.32 Å². The van der Waals surface area contributed by atoms with Crippen LogP contribution in [0.2, 0.25) is 0 Å². The summed E-state index contributed by atoms with van der Waals surface area (Å²) in [7, 11) is 0. The number of aliphatic hydroxyl groups is 1. The van der Waals surface area contributed by atoms with E-state index in [1.807, 2.05) is 24.3 Å². The molecule has 100 valence electrons. The van der Waals surface area contributed by atoms with Crippen molar-refractivity contribution in [2.75, 3.05) is 5.75 Å². The van der Waals surface area contributed by atoms with Gasteiger partial charge in [0.05, 0.1) is 22.1 Å². The molecule has 19 heavy (non-hydrogen) atoms. The number of thioether (sulfide) groups is 1. The topological polar surface area (TPSA) is 62.2 Å². The molecule has 4 nitrogen and oxygen atoms in total. The van der Waals surface area contributed by atoms with E-state index in [0.717, 1.165) is 14.6 Å². The molecular formula is C13H14N2O2S2. The van der Waals surface area contributed by atoms with Gasteiger partial charge in [0.15, 0.2) is 4.34 Å². The molecule has 0 unspecified atom stereocenters. The lowest BCUT2D eigenvalue weighted by atomic mass is 9.89. The Bertz CT molecular complexity index is 560. The molecule has 1 aromatic heterocycles. The van der Waals surface area contributed by atoms with Gasteiger partial charge in [-0.15, -0.1) is 11.3 Å². The molecule has 0 aliphatic heterocycles. The molecule has 2 aromatic rings. The van der Waals surface area contributed by atoms with E-state index in [1.54, 1.807) is 11.3 Å². The number of benzene rings is 1. The minimum atomic E-state index is -0.234. The van der Waals surface area contributed by atoms with E-state index in [1.165, 1.54) is 11.8 Å². The Morgan fingerprint density at radius 2 is 2.26 bits per heavy atom. The van der Waals surface area contributed by atoms with Crippen molar-refractivity contribution in [1.82, 2.24) is 10.3 Å².